The molecule has 0 bridgehead atoms. The van der Waals surface area contributed by atoms with Crippen LogP contribution in [0.4, 0.5) is 0 Å². The second-order valence-corrected chi connectivity index (χ2v) is 18.8. The smallest absolute Gasteiger partial charge is 0.306 e. The van der Waals surface area contributed by atoms with Crippen molar-refractivity contribution < 1.29 is 28.6 Å². The Labute approximate surface area is 374 Å². The Kier molecular flexibility index (Phi) is 47.2. The Balaban J connectivity index is 4.29. The van der Waals surface area contributed by atoms with Crippen molar-refractivity contribution in [3.63, 3.8) is 0 Å². The topological polar surface area (TPSA) is 78.9 Å². The number of ether oxygens (including phenoxy) is 3. The molecule has 0 aliphatic rings. The lowest BCUT2D eigenvalue weighted by Gasteiger charge is -2.18. The molecule has 6 nitrogen and oxygen atoms in total. The molecule has 0 aromatic carbocycles. The van der Waals surface area contributed by atoms with Gasteiger partial charge in [0.15, 0.2) is 6.10 Å². The maximum atomic E-state index is 12.8. The Morgan fingerprint density at radius 1 is 0.333 bits per heavy atom. The molecule has 1 unspecified atom stereocenters. The third-order valence-electron chi connectivity index (χ3n) is 12.7. The third kappa shape index (κ3) is 45.9. The van der Waals surface area contributed by atoms with Crippen LogP contribution in [0.3, 0.4) is 0 Å². The average molecular weight is 849 g/mol. The summed E-state index contributed by atoms with van der Waals surface area (Å²) in [7, 11) is 0. The molecule has 0 aromatic heterocycles. The Morgan fingerprint density at radius 2 is 0.583 bits per heavy atom. The van der Waals surface area contributed by atoms with E-state index in [1.165, 1.54) is 199 Å². The van der Waals surface area contributed by atoms with Crippen molar-refractivity contribution >= 4 is 17.9 Å². The lowest BCUT2D eigenvalue weighted by molar-refractivity contribution is -0.167. The quantitative estimate of drug-likeness (QED) is 0.0345. The Hall–Kier alpha value is -1.59. The van der Waals surface area contributed by atoms with Crippen LogP contribution < -0.4 is 0 Å². The first-order valence-electron chi connectivity index (χ1n) is 26.9. The maximum absolute atomic E-state index is 12.8. The van der Waals surface area contributed by atoms with Gasteiger partial charge in [-0.3, -0.25) is 14.4 Å². The molecule has 0 saturated heterocycles. The summed E-state index contributed by atoms with van der Waals surface area (Å²) in [6, 6.07) is 0. The number of rotatable bonds is 49. The van der Waals surface area contributed by atoms with E-state index < -0.39 is 6.10 Å². The maximum Gasteiger partial charge on any atom is 0.306 e. The van der Waals surface area contributed by atoms with Gasteiger partial charge in [0, 0.05) is 19.3 Å². The molecule has 6 heteroatoms. The molecule has 0 aromatic rings. The van der Waals surface area contributed by atoms with E-state index in [1.54, 1.807) is 0 Å². The highest BCUT2D eigenvalue weighted by atomic mass is 16.6. The second-order valence-electron chi connectivity index (χ2n) is 18.8. The SMILES string of the molecule is CCCCCCCCCCCCCCCCCCCC(=O)OC[C@@H](COC(=O)CCCCCCCCCCC(C)CC)OC(=O)CCCCCCCCCCCCCCC. The number of carbonyl (C=O) groups excluding carboxylic acids is 3. The van der Waals surface area contributed by atoms with E-state index in [2.05, 4.69) is 27.7 Å². The van der Waals surface area contributed by atoms with E-state index in [4.69, 9.17) is 14.2 Å². The van der Waals surface area contributed by atoms with Gasteiger partial charge in [0.2, 0.25) is 0 Å². The van der Waals surface area contributed by atoms with Crippen molar-refractivity contribution in [3.05, 3.63) is 0 Å². The van der Waals surface area contributed by atoms with E-state index in [9.17, 15) is 14.4 Å². The number of hydrogen-bond acceptors (Lipinski definition) is 6. The summed E-state index contributed by atoms with van der Waals surface area (Å²) in [4.78, 5) is 38.0. The van der Waals surface area contributed by atoms with Crippen LogP contribution in [0.2, 0.25) is 0 Å². The van der Waals surface area contributed by atoms with Gasteiger partial charge in [-0.2, -0.15) is 0 Å². The third-order valence-corrected chi connectivity index (χ3v) is 12.7. The van der Waals surface area contributed by atoms with E-state index >= 15 is 0 Å². The zero-order valence-electron chi connectivity index (χ0n) is 40.9. The molecule has 0 rings (SSSR count). The summed E-state index contributed by atoms with van der Waals surface area (Å²) in [5.41, 5.74) is 0. The van der Waals surface area contributed by atoms with Gasteiger partial charge in [0.05, 0.1) is 0 Å². The van der Waals surface area contributed by atoms with Crippen molar-refractivity contribution in [1.29, 1.82) is 0 Å². The summed E-state index contributed by atoms with van der Waals surface area (Å²) in [5, 5.41) is 0. The summed E-state index contributed by atoms with van der Waals surface area (Å²) < 4.78 is 16.8. The van der Waals surface area contributed by atoms with Gasteiger partial charge in [0.25, 0.3) is 0 Å². The van der Waals surface area contributed by atoms with Crippen LogP contribution in [0.1, 0.15) is 304 Å². The number of esters is 3. The average Bonchev–Trinajstić information content (AvgIpc) is 3.25. The molecular weight excluding hydrogens is 745 g/mol. The highest BCUT2D eigenvalue weighted by molar-refractivity contribution is 5.71. The molecule has 0 spiro atoms. The van der Waals surface area contributed by atoms with Crippen molar-refractivity contribution in [3.8, 4) is 0 Å². The fourth-order valence-electron chi connectivity index (χ4n) is 8.19. The highest BCUT2D eigenvalue weighted by Crippen LogP contribution is 2.18. The molecule has 0 N–H and O–H groups in total. The standard InChI is InChI=1S/C54H104O6/c1-5-8-10-12-14-16-18-20-21-22-23-25-26-28-33-37-41-45-52(55)58-48-51(49-59-53(56)46-42-38-34-31-30-32-36-40-44-50(4)7-3)60-54(57)47-43-39-35-29-27-24-19-17-15-13-11-9-6-2/h50-51H,5-49H2,1-4H3/t50?,51-/m0/s1. The first-order valence-corrected chi connectivity index (χ1v) is 26.9. The number of carbonyl (C=O) groups is 3. The van der Waals surface area contributed by atoms with Crippen molar-refractivity contribution in [2.24, 2.45) is 5.92 Å². The van der Waals surface area contributed by atoms with E-state index in [-0.39, 0.29) is 31.1 Å². The molecule has 0 amide bonds. The first kappa shape index (κ1) is 58.4. The number of hydrogen-bond donors (Lipinski definition) is 0. The fraction of sp³-hybridized carbons (Fsp3) is 0.944. The molecule has 0 heterocycles. The highest BCUT2D eigenvalue weighted by Gasteiger charge is 2.19. The van der Waals surface area contributed by atoms with Gasteiger partial charge in [0.1, 0.15) is 13.2 Å². The molecule has 2 atom stereocenters. The number of unbranched alkanes of at least 4 members (excludes halogenated alkanes) is 35. The molecule has 0 radical (unpaired) electrons. The van der Waals surface area contributed by atoms with Gasteiger partial charge in [-0.15, -0.1) is 0 Å². The second kappa shape index (κ2) is 48.4. The van der Waals surface area contributed by atoms with Crippen LogP contribution >= 0.6 is 0 Å². The van der Waals surface area contributed by atoms with Crippen molar-refractivity contribution in [2.45, 2.75) is 310 Å². The Morgan fingerprint density at radius 3 is 0.867 bits per heavy atom. The van der Waals surface area contributed by atoms with Crippen molar-refractivity contribution in [2.75, 3.05) is 13.2 Å². The molecule has 0 saturated carbocycles. The minimum absolute atomic E-state index is 0.0627. The van der Waals surface area contributed by atoms with E-state index in [0.29, 0.717) is 19.3 Å². The molecule has 0 fully saturated rings. The predicted molar refractivity (Wildman–Crippen MR) is 257 cm³/mol. The first-order chi connectivity index (χ1) is 29.4. The lowest BCUT2D eigenvalue weighted by Crippen LogP contribution is -2.30. The van der Waals surface area contributed by atoms with Crippen LogP contribution in [0, 0.1) is 5.92 Å². The summed E-state index contributed by atoms with van der Waals surface area (Å²) in [5.74, 6) is 0.00492. The minimum atomic E-state index is -0.761. The zero-order valence-corrected chi connectivity index (χ0v) is 40.9. The van der Waals surface area contributed by atoms with Gasteiger partial charge < -0.3 is 14.2 Å². The van der Waals surface area contributed by atoms with E-state index in [1.807, 2.05) is 0 Å². The van der Waals surface area contributed by atoms with Gasteiger partial charge in [-0.05, 0) is 25.2 Å². The molecule has 60 heavy (non-hydrogen) atoms. The Bertz CT molecular complexity index is 905. The van der Waals surface area contributed by atoms with Gasteiger partial charge >= 0.3 is 17.9 Å². The normalized spacial score (nSPS) is 12.4. The predicted octanol–water partition coefficient (Wildman–Crippen LogP) is 17.5. The van der Waals surface area contributed by atoms with Crippen LogP contribution in [0.25, 0.3) is 0 Å². The fourth-order valence-corrected chi connectivity index (χ4v) is 8.19. The summed E-state index contributed by atoms with van der Waals surface area (Å²) >= 11 is 0. The monoisotopic (exact) mass is 849 g/mol. The molecule has 356 valence electrons. The van der Waals surface area contributed by atoms with Gasteiger partial charge in [-0.1, -0.05) is 265 Å². The van der Waals surface area contributed by atoms with Crippen LogP contribution in [-0.4, -0.2) is 37.2 Å². The zero-order chi connectivity index (χ0) is 43.8. The largest absolute Gasteiger partial charge is 0.462 e. The molecule has 0 aliphatic carbocycles. The lowest BCUT2D eigenvalue weighted by atomic mass is 9.99. The summed E-state index contributed by atoms with van der Waals surface area (Å²) in [6.07, 6.45) is 50.8. The summed E-state index contributed by atoms with van der Waals surface area (Å²) in [6.45, 7) is 9.04. The molecule has 0 aliphatic heterocycles. The molecular formula is C54H104O6. The van der Waals surface area contributed by atoms with Crippen LogP contribution in [0.15, 0.2) is 0 Å². The van der Waals surface area contributed by atoms with Crippen LogP contribution in [0.5, 0.6) is 0 Å². The van der Waals surface area contributed by atoms with Crippen LogP contribution in [-0.2, 0) is 28.6 Å². The van der Waals surface area contributed by atoms with E-state index in [0.717, 1.165) is 63.7 Å². The van der Waals surface area contributed by atoms with Crippen molar-refractivity contribution in [1.82, 2.24) is 0 Å². The van der Waals surface area contributed by atoms with Gasteiger partial charge in [-0.25, -0.2) is 0 Å². The minimum Gasteiger partial charge on any atom is -0.462 e.